The fraction of sp³-hybridized carbons (Fsp3) is 0.559. The number of carbonyl (C=O) groups excluding carboxylic acids is 3. The van der Waals surface area contributed by atoms with E-state index in [9.17, 15) is 48.4 Å². The molecule has 4 aromatic rings. The first kappa shape index (κ1) is 44.2. The molecule has 1 amide bonds. The summed E-state index contributed by atoms with van der Waals surface area (Å²) in [5.41, 5.74) is -2.41. The van der Waals surface area contributed by atoms with Crippen LogP contribution in [0.25, 0.3) is 11.2 Å². The van der Waals surface area contributed by atoms with Crippen molar-refractivity contribution >= 4 is 42.8 Å². The number of rotatable bonds is 17. The van der Waals surface area contributed by atoms with E-state index in [1.165, 1.54) is 13.1 Å². The van der Waals surface area contributed by atoms with Crippen molar-refractivity contribution in [2.45, 2.75) is 89.6 Å². The Morgan fingerprint density at radius 3 is 2.55 bits per heavy atom. The highest BCUT2D eigenvalue weighted by Crippen LogP contribution is 2.49. The molecule has 0 saturated carbocycles. The molecule has 6 heterocycles. The van der Waals surface area contributed by atoms with Crippen molar-refractivity contribution < 1.29 is 66.6 Å². The summed E-state index contributed by atoms with van der Waals surface area (Å²) in [6, 6.07) is 0. The predicted molar refractivity (Wildman–Crippen MR) is 200 cm³/mol. The Bertz CT molecular complexity index is 2440. The highest BCUT2D eigenvalue weighted by Gasteiger charge is 2.50. The third kappa shape index (κ3) is 10.3. The van der Waals surface area contributed by atoms with Gasteiger partial charge in [-0.05, 0) is 6.92 Å². The minimum absolute atomic E-state index is 0.0551. The lowest BCUT2D eigenvalue weighted by Crippen LogP contribution is -2.36. The van der Waals surface area contributed by atoms with E-state index < -0.39 is 111 Å². The standard InChI is InChI=1S/C34H44N9O16P/c1-17(2)29(48)37-33-36-28-25(31(50)38-33)35-15-43(28)32-26(47)27(20(13-44)58-32)59-60(52,53)55-14-21-19(11-22(56-21)42-12-18(3)30(49)39-34(42)51)57-24(46)6-5-23(45)54-10-9-41-8-7-40(4)16-41/h7-8,12,15-17,19-22,26-27,32,44,47H,5-6,9-11,13-14H2,1-4H3,(H3-,36,37,38,39,48,49,50,51,52,53)/p+1/t19-,20+,21+,22+,26+,27+,32+/m0/s1. The number of amides is 1. The fourth-order valence-electron chi connectivity index (χ4n) is 6.36. The number of esters is 2. The van der Waals surface area contributed by atoms with Crippen LogP contribution < -0.4 is 26.7 Å². The van der Waals surface area contributed by atoms with E-state index in [0.717, 1.165) is 15.5 Å². The molecule has 4 aromatic heterocycles. The molecule has 0 bridgehead atoms. The fourth-order valence-corrected chi connectivity index (χ4v) is 7.32. The first-order valence-electron chi connectivity index (χ1n) is 18.6. The van der Waals surface area contributed by atoms with Crippen LogP contribution in [0.2, 0.25) is 0 Å². The van der Waals surface area contributed by atoms with Crippen LogP contribution in [-0.4, -0.2) is 117 Å². The van der Waals surface area contributed by atoms with Crippen LogP contribution in [0.1, 0.15) is 51.1 Å². The number of aliphatic hydroxyl groups is 2. The van der Waals surface area contributed by atoms with E-state index in [0.29, 0.717) is 6.54 Å². The van der Waals surface area contributed by atoms with Crippen molar-refractivity contribution in [2.75, 3.05) is 25.1 Å². The SMILES string of the molecule is Cc1cn([C@H]2C[C@H](OC(=O)CCC(=O)OCCn3cc[n+](C)c3)[C@@H](COP(=O)(O)O[C@H]3[C@@H](O)[C@H](n4cnc5c(=O)[nH]c(NC(=O)C(C)C)nc54)O[C@@H]3CO)O2)c(=O)[nH]c1=O. The van der Waals surface area contributed by atoms with Gasteiger partial charge in [0.25, 0.3) is 11.1 Å². The second-order valence-corrected chi connectivity index (χ2v) is 15.8. The number of imidazole rings is 2. The predicted octanol–water partition coefficient (Wildman–Crippen LogP) is -1.83. The molecule has 0 spiro atoms. The van der Waals surface area contributed by atoms with Crippen molar-refractivity contribution in [1.82, 2.24) is 33.6 Å². The molecule has 2 aliphatic rings. The molecule has 6 rings (SSSR count). The molecule has 0 aliphatic carbocycles. The zero-order chi connectivity index (χ0) is 43.5. The molecule has 326 valence electrons. The van der Waals surface area contributed by atoms with Crippen molar-refractivity contribution in [2.24, 2.45) is 13.0 Å². The average molecular weight is 867 g/mol. The summed E-state index contributed by atoms with van der Waals surface area (Å²) in [6.45, 7) is 3.51. The van der Waals surface area contributed by atoms with Crippen LogP contribution in [0.15, 0.2) is 45.6 Å². The lowest BCUT2D eigenvalue weighted by Gasteiger charge is -2.24. The number of nitrogens with one attached hydrogen (secondary N) is 3. The number of carbonyl (C=O) groups is 3. The molecular weight excluding hydrogens is 821 g/mol. The second-order valence-electron chi connectivity index (χ2n) is 14.4. The highest BCUT2D eigenvalue weighted by molar-refractivity contribution is 7.47. The number of hydrogen-bond donors (Lipinski definition) is 6. The maximum atomic E-state index is 13.4. The van der Waals surface area contributed by atoms with Crippen LogP contribution in [0.3, 0.4) is 0 Å². The van der Waals surface area contributed by atoms with Gasteiger partial charge < -0.3 is 34.1 Å². The molecule has 60 heavy (non-hydrogen) atoms. The largest absolute Gasteiger partial charge is 0.472 e. The van der Waals surface area contributed by atoms with Crippen molar-refractivity contribution in [3.63, 3.8) is 0 Å². The molecule has 0 radical (unpaired) electrons. The van der Waals surface area contributed by atoms with Gasteiger partial charge in [-0.1, -0.05) is 13.8 Å². The van der Waals surface area contributed by atoms with E-state index in [1.54, 1.807) is 30.9 Å². The lowest BCUT2D eigenvalue weighted by atomic mass is 10.1. The number of anilines is 1. The van der Waals surface area contributed by atoms with E-state index in [2.05, 4.69) is 25.3 Å². The smallest absolute Gasteiger partial charge is 0.461 e. The van der Waals surface area contributed by atoms with E-state index in [4.69, 9.17) is 28.0 Å². The summed E-state index contributed by atoms with van der Waals surface area (Å²) < 4.78 is 52.1. The van der Waals surface area contributed by atoms with Gasteiger partial charge in [0.15, 0.2) is 17.4 Å². The van der Waals surface area contributed by atoms with Crippen LogP contribution in [0.4, 0.5) is 5.95 Å². The van der Waals surface area contributed by atoms with Gasteiger partial charge in [0.05, 0.1) is 39.4 Å². The Kier molecular flexibility index (Phi) is 13.6. The van der Waals surface area contributed by atoms with Gasteiger partial charge in [-0.2, -0.15) is 4.98 Å². The number of aromatic nitrogens is 8. The molecule has 8 atom stereocenters. The Morgan fingerprint density at radius 1 is 1.10 bits per heavy atom. The normalized spacial score (nSPS) is 23.8. The number of phosphoric ester groups is 1. The van der Waals surface area contributed by atoms with E-state index in [-0.39, 0.29) is 42.1 Å². The number of aliphatic hydroxyl groups excluding tert-OH is 2. The second kappa shape index (κ2) is 18.5. The zero-order valence-corrected chi connectivity index (χ0v) is 33.6. The molecular formula is C34H45N9O16P+. The molecule has 2 fully saturated rings. The summed E-state index contributed by atoms with van der Waals surface area (Å²) in [5.74, 6) is -2.66. The number of nitrogens with zero attached hydrogens (tertiary/aromatic N) is 6. The number of phosphoric acid groups is 1. The number of aryl methyl sites for hydroxylation is 2. The molecule has 2 saturated heterocycles. The molecule has 6 N–H and O–H groups in total. The van der Waals surface area contributed by atoms with Crippen molar-refractivity contribution in [1.29, 1.82) is 0 Å². The number of H-pyrrole nitrogens is 2. The maximum absolute atomic E-state index is 13.4. The summed E-state index contributed by atoms with van der Waals surface area (Å²) in [7, 11) is -3.37. The van der Waals surface area contributed by atoms with Gasteiger partial charge in [-0.15, -0.1) is 0 Å². The van der Waals surface area contributed by atoms with E-state index in [1.807, 2.05) is 17.8 Å². The lowest BCUT2D eigenvalue weighted by molar-refractivity contribution is -0.671. The summed E-state index contributed by atoms with van der Waals surface area (Å²) in [4.78, 5) is 98.5. The van der Waals surface area contributed by atoms with Gasteiger partial charge in [0, 0.05) is 24.1 Å². The summed E-state index contributed by atoms with van der Waals surface area (Å²) >= 11 is 0. The molecule has 26 heteroatoms. The van der Waals surface area contributed by atoms with Gasteiger partial charge in [-0.25, -0.2) is 23.5 Å². The van der Waals surface area contributed by atoms with Gasteiger partial charge in [0.1, 0.15) is 62.3 Å². The van der Waals surface area contributed by atoms with Crippen molar-refractivity contribution in [3.8, 4) is 0 Å². The Morgan fingerprint density at radius 2 is 1.85 bits per heavy atom. The highest BCUT2D eigenvalue weighted by atomic mass is 31.2. The van der Waals surface area contributed by atoms with Gasteiger partial charge in [0.2, 0.25) is 18.2 Å². The first-order chi connectivity index (χ1) is 28.4. The van der Waals surface area contributed by atoms with Crippen LogP contribution in [0, 0.1) is 12.8 Å². The molecule has 0 aromatic carbocycles. The number of ether oxygens (including phenoxy) is 4. The van der Waals surface area contributed by atoms with Crippen molar-refractivity contribution in [3.05, 3.63) is 68.0 Å². The Labute approximate surface area is 338 Å². The number of aromatic amines is 2. The van der Waals surface area contributed by atoms with Gasteiger partial charge in [-0.3, -0.25) is 57.4 Å². The minimum Gasteiger partial charge on any atom is -0.461 e. The summed E-state index contributed by atoms with van der Waals surface area (Å²) in [5, 5.41) is 23.8. The Hall–Kier alpha value is -5.40. The first-order valence-corrected chi connectivity index (χ1v) is 20.1. The number of hydrogen-bond acceptors (Lipinski definition) is 17. The third-order valence-electron chi connectivity index (χ3n) is 9.51. The maximum Gasteiger partial charge on any atom is 0.472 e. The molecule has 2 aliphatic heterocycles. The average Bonchev–Trinajstić information content (AvgIpc) is 3.97. The Balaban J connectivity index is 1.12. The quantitative estimate of drug-likeness (QED) is 0.0386. The topological polar surface area (TPSA) is 324 Å². The number of fused-ring (bicyclic) bond motifs is 1. The molecule has 25 nitrogen and oxygen atoms in total. The minimum atomic E-state index is -5.20. The van der Waals surface area contributed by atoms with Crippen LogP contribution >= 0.6 is 7.82 Å². The van der Waals surface area contributed by atoms with Crippen LogP contribution in [0.5, 0.6) is 0 Å². The van der Waals surface area contributed by atoms with Crippen LogP contribution in [-0.2, 0) is 60.5 Å². The van der Waals surface area contributed by atoms with E-state index >= 15 is 0 Å². The monoisotopic (exact) mass is 866 g/mol. The third-order valence-corrected chi connectivity index (χ3v) is 10.5. The summed E-state index contributed by atoms with van der Waals surface area (Å²) in [6.07, 6.45) is -3.36. The van der Waals surface area contributed by atoms with Gasteiger partial charge >= 0.3 is 25.5 Å². The zero-order valence-electron chi connectivity index (χ0n) is 32.7. The molecule has 1 unspecified atom stereocenters.